The van der Waals surface area contributed by atoms with Gasteiger partial charge in [-0.2, -0.15) is 13.2 Å². The number of hydrogen-bond acceptors (Lipinski definition) is 2. The van der Waals surface area contributed by atoms with Crippen LogP contribution in [0.1, 0.15) is 45.6 Å². The molecule has 3 atom stereocenters. The molecule has 1 aliphatic carbocycles. The van der Waals surface area contributed by atoms with Crippen LogP contribution in [0.15, 0.2) is 18.2 Å². The first kappa shape index (κ1) is 20.0. The zero-order valence-electron chi connectivity index (χ0n) is 15.5. The summed E-state index contributed by atoms with van der Waals surface area (Å²) in [6, 6.07) is 3.04. The molecule has 0 amide bonds. The highest BCUT2D eigenvalue weighted by Crippen LogP contribution is 2.42. The molecule has 0 spiro atoms. The molecule has 1 fully saturated rings. The van der Waals surface area contributed by atoms with E-state index in [9.17, 15) is 17.6 Å². The quantitative estimate of drug-likeness (QED) is 0.723. The molecule has 2 rings (SSSR count). The van der Waals surface area contributed by atoms with Crippen LogP contribution in [0.5, 0.6) is 0 Å². The number of benzene rings is 1. The first-order valence-corrected chi connectivity index (χ1v) is 8.68. The van der Waals surface area contributed by atoms with Gasteiger partial charge in [-0.1, -0.05) is 13.8 Å². The molecule has 0 radical (unpaired) electrons. The van der Waals surface area contributed by atoms with Crippen LogP contribution in [-0.4, -0.2) is 31.1 Å². The van der Waals surface area contributed by atoms with Gasteiger partial charge in [-0.15, -0.1) is 0 Å². The summed E-state index contributed by atoms with van der Waals surface area (Å²) in [5.74, 6) is -0.562. The lowest BCUT2D eigenvalue weighted by Gasteiger charge is -2.45. The molecule has 0 aromatic heterocycles. The predicted octanol–water partition coefficient (Wildman–Crippen LogP) is 5.40. The standard InChI is InChI=1S/C19H28F4N2/c1-12(13-6-17(25(4)5)11-18(2,3)10-13)24-16-8-14(19(21,22)23)7-15(20)9-16/h7-9,12-13,17,24H,6,10-11H2,1-5H3. The normalized spacial score (nSPS) is 25.0. The number of hydrogen-bond donors (Lipinski definition) is 1. The van der Waals surface area contributed by atoms with E-state index >= 15 is 0 Å². The van der Waals surface area contributed by atoms with Crippen LogP contribution >= 0.6 is 0 Å². The van der Waals surface area contributed by atoms with E-state index < -0.39 is 17.6 Å². The van der Waals surface area contributed by atoms with E-state index in [-0.39, 0.29) is 17.1 Å². The van der Waals surface area contributed by atoms with Crippen molar-refractivity contribution in [3.63, 3.8) is 0 Å². The Labute approximate surface area is 147 Å². The van der Waals surface area contributed by atoms with Crippen LogP contribution in [-0.2, 0) is 6.18 Å². The van der Waals surface area contributed by atoms with Crippen molar-refractivity contribution in [3.8, 4) is 0 Å². The highest BCUT2D eigenvalue weighted by atomic mass is 19.4. The van der Waals surface area contributed by atoms with Crippen molar-refractivity contribution in [3.05, 3.63) is 29.6 Å². The number of halogens is 4. The second kappa shape index (κ2) is 7.14. The smallest absolute Gasteiger partial charge is 0.382 e. The summed E-state index contributed by atoms with van der Waals surface area (Å²) in [4.78, 5) is 2.21. The molecule has 25 heavy (non-hydrogen) atoms. The summed E-state index contributed by atoms with van der Waals surface area (Å²) in [5.41, 5.74) is -0.602. The van der Waals surface area contributed by atoms with E-state index in [1.807, 2.05) is 6.92 Å². The second-order valence-electron chi connectivity index (χ2n) is 8.35. The Bertz CT molecular complexity index is 596. The Kier molecular flexibility index (Phi) is 5.71. The molecule has 3 unspecified atom stereocenters. The highest BCUT2D eigenvalue weighted by Gasteiger charge is 2.37. The fourth-order valence-corrected chi connectivity index (χ4v) is 3.94. The minimum atomic E-state index is -4.55. The van der Waals surface area contributed by atoms with Gasteiger partial charge in [0.1, 0.15) is 5.82 Å². The first-order valence-electron chi connectivity index (χ1n) is 8.68. The van der Waals surface area contributed by atoms with Gasteiger partial charge < -0.3 is 10.2 Å². The van der Waals surface area contributed by atoms with Crippen LogP contribution < -0.4 is 5.32 Å². The van der Waals surface area contributed by atoms with Crippen molar-refractivity contribution >= 4 is 5.69 Å². The summed E-state index contributed by atoms with van der Waals surface area (Å²) in [5, 5.41) is 3.10. The van der Waals surface area contributed by atoms with E-state index in [1.165, 1.54) is 0 Å². The van der Waals surface area contributed by atoms with Gasteiger partial charge in [0.25, 0.3) is 0 Å². The van der Waals surface area contributed by atoms with Crippen molar-refractivity contribution in [1.29, 1.82) is 0 Å². The first-order chi connectivity index (χ1) is 11.4. The molecule has 1 aromatic rings. The van der Waals surface area contributed by atoms with Gasteiger partial charge in [-0.3, -0.25) is 0 Å². The molecule has 2 nitrogen and oxygen atoms in total. The van der Waals surface area contributed by atoms with Crippen LogP contribution in [0.4, 0.5) is 23.2 Å². The maximum Gasteiger partial charge on any atom is 0.416 e. The molecule has 1 aromatic carbocycles. The van der Waals surface area contributed by atoms with Crippen molar-refractivity contribution in [2.24, 2.45) is 11.3 Å². The number of rotatable bonds is 4. The third-order valence-electron chi connectivity index (χ3n) is 5.23. The lowest BCUT2D eigenvalue weighted by molar-refractivity contribution is -0.137. The monoisotopic (exact) mass is 360 g/mol. The summed E-state index contributed by atoms with van der Waals surface area (Å²) in [6.45, 7) is 6.43. The minimum absolute atomic E-state index is 0.0371. The Hall–Kier alpha value is -1.30. The SMILES string of the molecule is CC(Nc1cc(F)cc(C(F)(F)F)c1)C1CC(N(C)C)CC(C)(C)C1. The summed E-state index contributed by atoms with van der Waals surface area (Å²) < 4.78 is 52.2. The maximum atomic E-state index is 13.6. The molecular formula is C19H28F4N2. The Morgan fingerprint density at radius 3 is 2.36 bits per heavy atom. The zero-order chi connectivity index (χ0) is 19.0. The van der Waals surface area contributed by atoms with E-state index in [0.29, 0.717) is 18.0 Å². The number of nitrogens with one attached hydrogen (secondary N) is 1. The van der Waals surface area contributed by atoms with Gasteiger partial charge in [0.05, 0.1) is 5.56 Å². The molecule has 142 valence electrons. The zero-order valence-corrected chi connectivity index (χ0v) is 15.5. The largest absolute Gasteiger partial charge is 0.416 e. The summed E-state index contributed by atoms with van der Waals surface area (Å²) in [6.07, 6.45) is -1.48. The summed E-state index contributed by atoms with van der Waals surface area (Å²) in [7, 11) is 4.12. The van der Waals surface area contributed by atoms with Crippen molar-refractivity contribution < 1.29 is 17.6 Å². The molecule has 0 aliphatic heterocycles. The van der Waals surface area contributed by atoms with E-state index in [1.54, 1.807) is 0 Å². The van der Waals surface area contributed by atoms with Crippen molar-refractivity contribution in [1.82, 2.24) is 4.90 Å². The fourth-order valence-electron chi connectivity index (χ4n) is 3.94. The molecule has 0 heterocycles. The molecule has 1 N–H and O–H groups in total. The molecule has 0 saturated heterocycles. The predicted molar refractivity (Wildman–Crippen MR) is 93.1 cm³/mol. The lowest BCUT2D eigenvalue weighted by atomic mass is 9.68. The molecule has 0 bridgehead atoms. The van der Waals surface area contributed by atoms with Crippen LogP contribution in [0.25, 0.3) is 0 Å². The average Bonchev–Trinajstić information content (AvgIpc) is 2.43. The highest BCUT2D eigenvalue weighted by molar-refractivity contribution is 5.48. The van der Waals surface area contributed by atoms with Crippen molar-refractivity contribution in [2.45, 2.75) is 58.3 Å². The topological polar surface area (TPSA) is 15.3 Å². The number of alkyl halides is 3. The van der Waals surface area contributed by atoms with Crippen molar-refractivity contribution in [2.75, 3.05) is 19.4 Å². The van der Waals surface area contributed by atoms with Crippen LogP contribution in [0.3, 0.4) is 0 Å². The second-order valence-corrected chi connectivity index (χ2v) is 8.35. The van der Waals surface area contributed by atoms with Crippen LogP contribution in [0, 0.1) is 17.2 Å². The van der Waals surface area contributed by atoms with E-state index in [0.717, 1.165) is 31.4 Å². The maximum absolute atomic E-state index is 13.6. The lowest BCUT2D eigenvalue weighted by Crippen LogP contribution is -2.44. The third kappa shape index (κ3) is 5.33. The van der Waals surface area contributed by atoms with Crippen LogP contribution in [0.2, 0.25) is 0 Å². The third-order valence-corrected chi connectivity index (χ3v) is 5.23. The van der Waals surface area contributed by atoms with Gasteiger partial charge >= 0.3 is 6.18 Å². The molecular weight excluding hydrogens is 332 g/mol. The van der Waals surface area contributed by atoms with Gasteiger partial charge in [-0.05, 0) is 69.8 Å². The number of nitrogens with zero attached hydrogens (tertiary/aromatic N) is 1. The Morgan fingerprint density at radius 1 is 1.16 bits per heavy atom. The fraction of sp³-hybridized carbons (Fsp3) is 0.684. The van der Waals surface area contributed by atoms with Gasteiger partial charge in [0, 0.05) is 17.8 Å². The Balaban J connectivity index is 2.16. The number of anilines is 1. The molecule has 1 aliphatic rings. The van der Waals surface area contributed by atoms with Gasteiger partial charge in [0.15, 0.2) is 0 Å². The minimum Gasteiger partial charge on any atom is -0.382 e. The summed E-state index contributed by atoms with van der Waals surface area (Å²) >= 11 is 0. The van der Waals surface area contributed by atoms with E-state index in [4.69, 9.17) is 0 Å². The average molecular weight is 360 g/mol. The Morgan fingerprint density at radius 2 is 1.80 bits per heavy atom. The van der Waals surface area contributed by atoms with E-state index in [2.05, 4.69) is 38.2 Å². The molecule has 6 heteroatoms. The van der Waals surface area contributed by atoms with Gasteiger partial charge in [-0.25, -0.2) is 4.39 Å². The molecule has 1 saturated carbocycles. The van der Waals surface area contributed by atoms with Gasteiger partial charge in [0.2, 0.25) is 0 Å².